The first-order valence-corrected chi connectivity index (χ1v) is 16.7. The van der Waals surface area contributed by atoms with E-state index >= 15 is 0 Å². The van der Waals surface area contributed by atoms with Gasteiger partial charge in [-0.3, -0.25) is 0 Å². The molecule has 0 aliphatic rings. The van der Waals surface area contributed by atoms with Crippen LogP contribution < -0.4 is 11.0 Å². The summed E-state index contributed by atoms with van der Waals surface area (Å²) in [5, 5.41) is 1.69. The van der Waals surface area contributed by atoms with E-state index in [9.17, 15) is 0 Å². The molecule has 38 heavy (non-hydrogen) atoms. The van der Waals surface area contributed by atoms with E-state index in [0.29, 0.717) is 19.8 Å². The van der Waals surface area contributed by atoms with Gasteiger partial charge in [-0.15, -0.1) is 5.23 Å². The molecule has 0 heterocycles. The van der Waals surface area contributed by atoms with Crippen LogP contribution in [-0.2, 0) is 16.1 Å². The molecular formula is C34H64N2O2. The Morgan fingerprint density at radius 1 is 0.526 bits per heavy atom. The minimum atomic E-state index is 0.627. The maximum absolute atomic E-state index is 6.17. The second kappa shape index (κ2) is 27.5. The molecule has 0 fully saturated rings. The largest absolute Gasteiger partial charge is 0.330 e. The van der Waals surface area contributed by atoms with Gasteiger partial charge in [0.1, 0.15) is 0 Å². The molecule has 0 saturated carbocycles. The van der Waals surface area contributed by atoms with E-state index in [1.807, 2.05) is 0 Å². The van der Waals surface area contributed by atoms with Crippen molar-refractivity contribution in [2.24, 2.45) is 5.73 Å². The van der Waals surface area contributed by atoms with Gasteiger partial charge in [0.15, 0.2) is 0 Å². The third-order valence-electron chi connectivity index (χ3n) is 7.51. The van der Waals surface area contributed by atoms with E-state index in [2.05, 4.69) is 38.1 Å². The number of para-hydroxylation sites is 1. The number of anilines is 1. The van der Waals surface area contributed by atoms with Gasteiger partial charge in [0, 0.05) is 0 Å². The van der Waals surface area contributed by atoms with E-state index in [4.69, 9.17) is 15.4 Å². The van der Waals surface area contributed by atoms with E-state index in [0.717, 1.165) is 24.9 Å². The summed E-state index contributed by atoms with van der Waals surface area (Å²) in [6.07, 6.45) is 30.3. The second-order valence-corrected chi connectivity index (χ2v) is 11.2. The summed E-state index contributed by atoms with van der Waals surface area (Å²) in [7, 11) is 0. The zero-order chi connectivity index (χ0) is 27.4. The lowest BCUT2D eigenvalue weighted by Crippen LogP contribution is -2.26. The smallest absolute Gasteiger partial charge is 0.0979 e. The maximum atomic E-state index is 6.17. The van der Waals surface area contributed by atoms with Gasteiger partial charge < -0.3 is 5.73 Å². The van der Waals surface area contributed by atoms with Gasteiger partial charge in [-0.05, 0) is 37.4 Å². The predicted octanol–water partition coefficient (Wildman–Crippen LogP) is 10.5. The van der Waals surface area contributed by atoms with Crippen LogP contribution >= 0.6 is 0 Å². The normalized spacial score (nSPS) is 11.3. The molecule has 1 rings (SSSR count). The number of hydrogen-bond donors (Lipinski definition) is 1. The molecule has 2 N–H and O–H groups in total. The van der Waals surface area contributed by atoms with Crippen molar-refractivity contribution in [2.75, 3.05) is 25.0 Å². The summed E-state index contributed by atoms with van der Waals surface area (Å²) in [5.74, 6) is 0. The van der Waals surface area contributed by atoms with E-state index in [1.54, 1.807) is 5.23 Å². The van der Waals surface area contributed by atoms with Crippen molar-refractivity contribution in [1.29, 1.82) is 0 Å². The van der Waals surface area contributed by atoms with Gasteiger partial charge in [0.2, 0.25) is 0 Å². The van der Waals surface area contributed by atoms with Crippen molar-refractivity contribution in [1.82, 2.24) is 0 Å². The van der Waals surface area contributed by atoms with E-state index in [1.165, 1.54) is 134 Å². The van der Waals surface area contributed by atoms with Gasteiger partial charge in [-0.2, -0.15) is 0 Å². The molecule has 1 aromatic carbocycles. The first kappa shape index (κ1) is 34.9. The molecule has 222 valence electrons. The molecule has 0 atom stereocenters. The van der Waals surface area contributed by atoms with Crippen molar-refractivity contribution in [2.45, 2.75) is 162 Å². The molecule has 1 aromatic rings. The number of hydrogen-bond acceptors (Lipinski definition) is 4. The molecule has 0 bridgehead atoms. The Hall–Kier alpha value is -1.10. The lowest BCUT2D eigenvalue weighted by molar-refractivity contribution is -0.0917. The number of nitrogens with zero attached hydrogens (tertiary/aromatic N) is 1. The van der Waals surface area contributed by atoms with E-state index in [-0.39, 0.29) is 0 Å². The minimum Gasteiger partial charge on any atom is -0.330 e. The molecule has 4 nitrogen and oxygen atoms in total. The molecule has 0 amide bonds. The SMILES string of the molecule is CCCCCCCCCCCCCCON(OCCCCCCCCCCCC)c1ccccc1CCN. The number of nitrogens with two attached hydrogens (primary N) is 1. The van der Waals surface area contributed by atoms with Crippen molar-refractivity contribution >= 4 is 5.69 Å². The zero-order valence-electron chi connectivity index (χ0n) is 25.5. The highest BCUT2D eigenvalue weighted by Crippen LogP contribution is 2.22. The zero-order valence-corrected chi connectivity index (χ0v) is 25.5. The molecule has 0 saturated heterocycles. The van der Waals surface area contributed by atoms with Crippen LogP contribution in [0.1, 0.15) is 161 Å². The summed E-state index contributed by atoms with van der Waals surface area (Å²) >= 11 is 0. The lowest BCUT2D eigenvalue weighted by Gasteiger charge is -2.25. The average Bonchev–Trinajstić information content (AvgIpc) is 2.93. The Kier molecular flexibility index (Phi) is 25.2. The number of benzene rings is 1. The van der Waals surface area contributed by atoms with Gasteiger partial charge in [0.05, 0.1) is 18.9 Å². The van der Waals surface area contributed by atoms with Crippen LogP contribution in [0.4, 0.5) is 5.69 Å². The van der Waals surface area contributed by atoms with Crippen LogP contribution in [0.2, 0.25) is 0 Å². The van der Waals surface area contributed by atoms with Crippen LogP contribution in [0, 0.1) is 0 Å². The van der Waals surface area contributed by atoms with Crippen LogP contribution in [0.3, 0.4) is 0 Å². The predicted molar refractivity (Wildman–Crippen MR) is 167 cm³/mol. The molecule has 4 heteroatoms. The van der Waals surface area contributed by atoms with Gasteiger partial charge in [-0.25, -0.2) is 9.68 Å². The molecule has 0 aliphatic heterocycles. The Morgan fingerprint density at radius 2 is 0.895 bits per heavy atom. The monoisotopic (exact) mass is 532 g/mol. The summed E-state index contributed by atoms with van der Waals surface area (Å²) in [5.41, 5.74) is 8.06. The third-order valence-corrected chi connectivity index (χ3v) is 7.51. The number of rotatable bonds is 29. The van der Waals surface area contributed by atoms with Crippen molar-refractivity contribution in [3.63, 3.8) is 0 Å². The van der Waals surface area contributed by atoms with Crippen molar-refractivity contribution in [3.8, 4) is 0 Å². The Labute approximate surface area is 237 Å². The molecule has 0 unspecified atom stereocenters. The van der Waals surface area contributed by atoms with Gasteiger partial charge in [0.25, 0.3) is 0 Å². The van der Waals surface area contributed by atoms with Crippen LogP contribution in [-0.4, -0.2) is 19.8 Å². The highest BCUT2D eigenvalue weighted by molar-refractivity contribution is 5.50. The molecule has 0 aliphatic carbocycles. The molecule has 0 spiro atoms. The molecule has 0 radical (unpaired) electrons. The minimum absolute atomic E-state index is 0.627. The van der Waals surface area contributed by atoms with Gasteiger partial charge >= 0.3 is 0 Å². The fourth-order valence-corrected chi connectivity index (χ4v) is 5.06. The number of unbranched alkanes of at least 4 members (excludes halogenated alkanes) is 20. The summed E-state index contributed by atoms with van der Waals surface area (Å²) in [6.45, 7) is 6.60. The summed E-state index contributed by atoms with van der Waals surface area (Å²) in [6, 6.07) is 8.34. The Balaban J connectivity index is 2.23. The standard InChI is InChI=1S/C34H64N2O2/c1-3-5-7-9-11-13-15-16-18-20-22-26-32-38-36(34-28-24-23-27-33(34)29-30-35)37-31-25-21-19-17-14-12-10-8-6-4-2/h23-24,27-28H,3-22,25-26,29-32,35H2,1-2H3. The van der Waals surface area contributed by atoms with Crippen molar-refractivity contribution in [3.05, 3.63) is 29.8 Å². The maximum Gasteiger partial charge on any atom is 0.0979 e. The second-order valence-electron chi connectivity index (χ2n) is 11.2. The van der Waals surface area contributed by atoms with E-state index < -0.39 is 0 Å². The van der Waals surface area contributed by atoms with Gasteiger partial charge in [-0.1, -0.05) is 160 Å². The molecule has 0 aromatic heterocycles. The van der Waals surface area contributed by atoms with Crippen LogP contribution in [0.15, 0.2) is 24.3 Å². The Bertz CT molecular complexity index is 610. The van der Waals surface area contributed by atoms with Crippen LogP contribution in [0.25, 0.3) is 0 Å². The lowest BCUT2D eigenvalue weighted by atomic mass is 10.1. The fraction of sp³-hybridized carbons (Fsp3) is 0.824. The quantitative estimate of drug-likeness (QED) is 0.0823. The highest BCUT2D eigenvalue weighted by atomic mass is 16.9. The summed E-state index contributed by atoms with van der Waals surface area (Å²) < 4.78 is 0. The first-order chi connectivity index (χ1) is 18.8. The third kappa shape index (κ3) is 19.9. The summed E-state index contributed by atoms with van der Waals surface area (Å²) in [4.78, 5) is 12.3. The average molecular weight is 533 g/mol. The van der Waals surface area contributed by atoms with Crippen LogP contribution in [0.5, 0.6) is 0 Å². The fourth-order valence-electron chi connectivity index (χ4n) is 5.06. The Morgan fingerprint density at radius 3 is 1.29 bits per heavy atom. The van der Waals surface area contributed by atoms with Crippen molar-refractivity contribution < 1.29 is 9.68 Å². The first-order valence-electron chi connectivity index (χ1n) is 16.7. The highest BCUT2D eigenvalue weighted by Gasteiger charge is 2.13. The topological polar surface area (TPSA) is 47.7 Å². The molecular weight excluding hydrogens is 468 g/mol.